The summed E-state index contributed by atoms with van der Waals surface area (Å²) in [6.45, 7) is 3.53. The van der Waals surface area contributed by atoms with Crippen molar-refractivity contribution in [2.75, 3.05) is 13.1 Å². The molecule has 0 spiro atoms. The molecule has 0 unspecified atom stereocenters. The Balaban J connectivity index is 1.80. The van der Waals surface area contributed by atoms with Crippen LogP contribution in [0.3, 0.4) is 0 Å². The monoisotopic (exact) mass is 365 g/mol. The Morgan fingerprint density at radius 2 is 2.15 bits per heavy atom. The van der Waals surface area contributed by atoms with Crippen LogP contribution in [-0.4, -0.2) is 39.8 Å². The quantitative estimate of drug-likeness (QED) is 0.736. The number of carbonyl (C=O) groups is 1. The maximum Gasteiger partial charge on any atom is 0.335 e. The fourth-order valence-electron chi connectivity index (χ4n) is 3.27. The average molecular weight is 365 g/mol. The molecule has 2 heterocycles. The first-order valence-corrected chi connectivity index (χ1v) is 8.76. The molecule has 2 N–H and O–H groups in total. The van der Waals surface area contributed by atoms with Gasteiger partial charge in [-0.25, -0.2) is 9.78 Å². The second-order valence-electron chi connectivity index (χ2n) is 6.64. The lowest BCUT2D eigenvalue weighted by molar-refractivity contribution is 0.0697. The van der Waals surface area contributed by atoms with Gasteiger partial charge in [-0.15, -0.1) is 0 Å². The number of nitrogens with zero attached hydrogens (tertiary/aromatic N) is 2. The van der Waals surface area contributed by atoms with Gasteiger partial charge in [0.25, 0.3) is 5.56 Å². The Morgan fingerprint density at radius 1 is 1.30 bits per heavy atom. The molecule has 0 amide bonds. The number of nitrogens with one attached hydrogen (secondary N) is 1. The zero-order valence-corrected chi connectivity index (χ0v) is 14.8. The van der Waals surface area contributed by atoms with Crippen LogP contribution >= 0.6 is 0 Å². The SMILES string of the molecule is Cc1ccc(C(=O)O)cc1-n1cnc2ccc(O[C@H]3CCNC3)cc2c1=O. The van der Waals surface area contributed by atoms with E-state index in [1.807, 2.05) is 13.0 Å². The summed E-state index contributed by atoms with van der Waals surface area (Å²) >= 11 is 0. The van der Waals surface area contributed by atoms with E-state index in [9.17, 15) is 14.7 Å². The van der Waals surface area contributed by atoms with E-state index in [1.165, 1.54) is 23.0 Å². The molecule has 4 rings (SSSR count). The van der Waals surface area contributed by atoms with Gasteiger partial charge in [0.1, 0.15) is 18.2 Å². The number of benzene rings is 2. The zero-order valence-electron chi connectivity index (χ0n) is 14.8. The molecular weight excluding hydrogens is 346 g/mol. The minimum Gasteiger partial charge on any atom is -0.489 e. The van der Waals surface area contributed by atoms with Crippen molar-refractivity contribution < 1.29 is 14.6 Å². The molecule has 1 saturated heterocycles. The van der Waals surface area contributed by atoms with Gasteiger partial charge in [-0.1, -0.05) is 6.07 Å². The van der Waals surface area contributed by atoms with Gasteiger partial charge in [-0.3, -0.25) is 9.36 Å². The largest absolute Gasteiger partial charge is 0.489 e. The zero-order chi connectivity index (χ0) is 19.0. The third-order valence-corrected chi connectivity index (χ3v) is 4.76. The molecule has 1 aliphatic rings. The number of ether oxygens (including phenoxy) is 1. The Hall–Kier alpha value is -3.19. The van der Waals surface area contributed by atoms with Gasteiger partial charge in [0.05, 0.1) is 22.2 Å². The Bertz CT molecular complexity index is 1080. The number of hydrogen-bond acceptors (Lipinski definition) is 5. The van der Waals surface area contributed by atoms with E-state index in [4.69, 9.17) is 4.74 Å². The standard InChI is InChI=1S/C20H19N3O4/c1-12-2-3-13(20(25)26)8-18(12)23-11-22-17-5-4-14(9-16(17)19(23)24)27-15-6-7-21-10-15/h2-5,8-9,11,15,21H,6-7,10H2,1H3,(H,25,26)/t15-/m0/s1. The Morgan fingerprint density at radius 3 is 2.89 bits per heavy atom. The molecule has 0 radical (unpaired) electrons. The summed E-state index contributed by atoms with van der Waals surface area (Å²) in [5.74, 6) is -0.414. The van der Waals surface area contributed by atoms with Crippen molar-refractivity contribution in [2.24, 2.45) is 0 Å². The summed E-state index contributed by atoms with van der Waals surface area (Å²) in [5.41, 5.74) is 1.71. The van der Waals surface area contributed by atoms with Crippen molar-refractivity contribution in [3.8, 4) is 11.4 Å². The molecule has 1 aliphatic heterocycles. The van der Waals surface area contributed by atoms with Gasteiger partial charge in [0.15, 0.2) is 0 Å². The number of rotatable bonds is 4. The second kappa shape index (κ2) is 6.85. The molecule has 1 fully saturated rings. The first-order chi connectivity index (χ1) is 13.0. The molecule has 7 nitrogen and oxygen atoms in total. The van der Waals surface area contributed by atoms with Gasteiger partial charge in [0.2, 0.25) is 0 Å². The number of hydrogen-bond donors (Lipinski definition) is 2. The number of aryl methyl sites for hydroxylation is 1. The molecule has 0 saturated carbocycles. The molecule has 0 aliphatic carbocycles. The van der Waals surface area contributed by atoms with E-state index in [0.717, 1.165) is 25.1 Å². The predicted molar refractivity (Wildman–Crippen MR) is 101 cm³/mol. The molecule has 1 aromatic heterocycles. The van der Waals surface area contributed by atoms with Crippen LogP contribution in [0.25, 0.3) is 16.6 Å². The second-order valence-corrected chi connectivity index (χ2v) is 6.64. The molecule has 0 bridgehead atoms. The van der Waals surface area contributed by atoms with Crippen LogP contribution in [-0.2, 0) is 0 Å². The lowest BCUT2D eigenvalue weighted by Gasteiger charge is -2.14. The van der Waals surface area contributed by atoms with Crippen molar-refractivity contribution in [2.45, 2.75) is 19.4 Å². The van der Waals surface area contributed by atoms with E-state index >= 15 is 0 Å². The van der Waals surface area contributed by atoms with Crippen LogP contribution < -0.4 is 15.6 Å². The summed E-state index contributed by atoms with van der Waals surface area (Å²) in [7, 11) is 0. The number of aromatic nitrogens is 2. The lowest BCUT2D eigenvalue weighted by Crippen LogP contribution is -2.21. The summed E-state index contributed by atoms with van der Waals surface area (Å²) < 4.78 is 7.32. The molecule has 27 heavy (non-hydrogen) atoms. The van der Waals surface area contributed by atoms with Gasteiger partial charge in [0, 0.05) is 6.54 Å². The van der Waals surface area contributed by atoms with Gasteiger partial charge in [-0.2, -0.15) is 0 Å². The van der Waals surface area contributed by atoms with Crippen LogP contribution in [0.5, 0.6) is 5.75 Å². The first-order valence-electron chi connectivity index (χ1n) is 8.76. The smallest absolute Gasteiger partial charge is 0.335 e. The third-order valence-electron chi connectivity index (χ3n) is 4.76. The number of carboxylic acids is 1. The van der Waals surface area contributed by atoms with Crippen molar-refractivity contribution in [1.29, 1.82) is 0 Å². The maximum atomic E-state index is 13.1. The molecule has 1 atom stereocenters. The van der Waals surface area contributed by atoms with Crippen LogP contribution in [0.1, 0.15) is 22.3 Å². The van der Waals surface area contributed by atoms with Crippen molar-refractivity contribution >= 4 is 16.9 Å². The fourth-order valence-corrected chi connectivity index (χ4v) is 3.27. The Kier molecular flexibility index (Phi) is 4.37. The number of aromatic carboxylic acids is 1. The first kappa shape index (κ1) is 17.2. The van der Waals surface area contributed by atoms with E-state index in [1.54, 1.807) is 18.2 Å². The third kappa shape index (κ3) is 3.29. The summed E-state index contributed by atoms with van der Waals surface area (Å²) in [4.78, 5) is 28.7. The highest BCUT2D eigenvalue weighted by Gasteiger charge is 2.17. The molecule has 2 aromatic carbocycles. The normalized spacial score (nSPS) is 16.6. The highest BCUT2D eigenvalue weighted by molar-refractivity contribution is 5.88. The highest BCUT2D eigenvalue weighted by atomic mass is 16.5. The van der Waals surface area contributed by atoms with Crippen LogP contribution in [0.15, 0.2) is 47.5 Å². The number of fused-ring (bicyclic) bond motifs is 1. The summed E-state index contributed by atoms with van der Waals surface area (Å²) in [5, 5.41) is 12.9. The van der Waals surface area contributed by atoms with Crippen LogP contribution in [0.4, 0.5) is 0 Å². The molecule has 7 heteroatoms. The van der Waals surface area contributed by atoms with Gasteiger partial charge in [-0.05, 0) is 55.8 Å². The minimum atomic E-state index is -1.04. The summed E-state index contributed by atoms with van der Waals surface area (Å²) in [6, 6.07) is 9.96. The highest BCUT2D eigenvalue weighted by Crippen LogP contribution is 2.21. The van der Waals surface area contributed by atoms with Gasteiger partial charge < -0.3 is 15.2 Å². The van der Waals surface area contributed by atoms with E-state index < -0.39 is 5.97 Å². The van der Waals surface area contributed by atoms with Crippen LogP contribution in [0.2, 0.25) is 0 Å². The van der Waals surface area contributed by atoms with E-state index in [-0.39, 0.29) is 17.2 Å². The maximum absolute atomic E-state index is 13.1. The van der Waals surface area contributed by atoms with Gasteiger partial charge >= 0.3 is 5.97 Å². The summed E-state index contributed by atoms with van der Waals surface area (Å²) in [6.07, 6.45) is 2.45. The molecule has 138 valence electrons. The van der Waals surface area contributed by atoms with Crippen molar-refractivity contribution in [3.63, 3.8) is 0 Å². The fraction of sp³-hybridized carbons (Fsp3) is 0.250. The Labute approximate surface area is 155 Å². The van der Waals surface area contributed by atoms with E-state index in [0.29, 0.717) is 22.3 Å². The predicted octanol–water partition coefficient (Wildman–Crippen LogP) is 2.13. The lowest BCUT2D eigenvalue weighted by atomic mass is 10.1. The van der Waals surface area contributed by atoms with Crippen LogP contribution in [0, 0.1) is 6.92 Å². The number of carboxylic acid groups (broad SMARTS) is 1. The topological polar surface area (TPSA) is 93.4 Å². The van der Waals surface area contributed by atoms with Crippen molar-refractivity contribution in [3.05, 3.63) is 64.2 Å². The van der Waals surface area contributed by atoms with E-state index in [2.05, 4.69) is 10.3 Å². The molecular formula is C20H19N3O4. The average Bonchev–Trinajstić information content (AvgIpc) is 3.16. The molecule has 3 aromatic rings. The minimum absolute atomic E-state index is 0.0934. The van der Waals surface area contributed by atoms with Crippen molar-refractivity contribution in [1.82, 2.24) is 14.9 Å².